The van der Waals surface area contributed by atoms with E-state index in [0.717, 1.165) is 31.2 Å². The number of carbonyl (C=O) groups is 1. The molecule has 0 unspecified atom stereocenters. The number of amides is 1. The molecule has 1 aromatic carbocycles. The van der Waals surface area contributed by atoms with Crippen LogP contribution >= 0.6 is 0 Å². The minimum Gasteiger partial charge on any atom is -0.338 e. The quantitative estimate of drug-likeness (QED) is 0.782. The molecule has 2 aliphatic rings. The van der Waals surface area contributed by atoms with Crippen LogP contribution in [0.1, 0.15) is 24.0 Å². The van der Waals surface area contributed by atoms with Gasteiger partial charge in [-0.1, -0.05) is 6.07 Å². The number of piperazine rings is 1. The lowest BCUT2D eigenvalue weighted by Gasteiger charge is -2.34. The zero-order chi connectivity index (χ0) is 20.3. The molecule has 1 aliphatic heterocycles. The van der Waals surface area contributed by atoms with Gasteiger partial charge in [0.15, 0.2) is 0 Å². The summed E-state index contributed by atoms with van der Waals surface area (Å²) in [5.74, 6) is 0.424. The van der Waals surface area contributed by atoms with Crippen LogP contribution in [0.5, 0.6) is 0 Å². The van der Waals surface area contributed by atoms with Crippen molar-refractivity contribution in [2.24, 2.45) is 0 Å². The van der Waals surface area contributed by atoms with Crippen molar-refractivity contribution in [3.63, 3.8) is 0 Å². The molecule has 1 aliphatic carbocycles. The van der Waals surface area contributed by atoms with Crippen molar-refractivity contribution in [2.45, 2.75) is 30.6 Å². The number of fused-ring (bicyclic) bond motifs is 1. The fourth-order valence-corrected chi connectivity index (χ4v) is 4.86. The SMILES string of the molecule is O=C(CNS(=O)(=O)c1ccc2c(c1)CCCC2)N1CCN(c2ncccn2)CC1. The second-order valence-electron chi connectivity index (χ2n) is 7.38. The molecule has 0 bridgehead atoms. The first kappa shape index (κ1) is 19.8. The van der Waals surface area contributed by atoms with Gasteiger partial charge in [-0.15, -0.1) is 0 Å². The van der Waals surface area contributed by atoms with Crippen molar-refractivity contribution in [3.8, 4) is 0 Å². The lowest BCUT2D eigenvalue weighted by atomic mass is 9.92. The highest BCUT2D eigenvalue weighted by atomic mass is 32.2. The number of aromatic nitrogens is 2. The first-order chi connectivity index (χ1) is 14.0. The fourth-order valence-electron chi connectivity index (χ4n) is 3.84. The lowest BCUT2D eigenvalue weighted by molar-refractivity contribution is -0.130. The van der Waals surface area contributed by atoms with Crippen molar-refractivity contribution >= 4 is 21.9 Å². The van der Waals surface area contributed by atoms with Gasteiger partial charge in [-0.2, -0.15) is 0 Å². The smallest absolute Gasteiger partial charge is 0.241 e. The highest BCUT2D eigenvalue weighted by molar-refractivity contribution is 7.89. The molecule has 1 amide bonds. The molecular formula is C20H25N5O3S. The number of carbonyl (C=O) groups excluding carboxylic acids is 1. The molecule has 1 fully saturated rings. The summed E-state index contributed by atoms with van der Waals surface area (Å²) < 4.78 is 27.7. The minimum atomic E-state index is -3.71. The van der Waals surface area contributed by atoms with Crippen LogP contribution < -0.4 is 9.62 Å². The lowest BCUT2D eigenvalue weighted by Crippen LogP contribution is -2.51. The number of nitrogens with one attached hydrogen (secondary N) is 1. The predicted molar refractivity (Wildman–Crippen MR) is 109 cm³/mol. The molecule has 154 valence electrons. The van der Waals surface area contributed by atoms with Crippen molar-refractivity contribution in [1.29, 1.82) is 0 Å². The largest absolute Gasteiger partial charge is 0.338 e. The number of anilines is 1. The van der Waals surface area contributed by atoms with Gasteiger partial charge in [-0.3, -0.25) is 4.79 Å². The zero-order valence-electron chi connectivity index (χ0n) is 16.2. The van der Waals surface area contributed by atoms with Gasteiger partial charge in [-0.05, 0) is 55.0 Å². The summed E-state index contributed by atoms with van der Waals surface area (Å²) in [6.07, 6.45) is 7.53. The average Bonchev–Trinajstić information content (AvgIpc) is 2.78. The molecule has 0 atom stereocenters. The number of hydrogen-bond donors (Lipinski definition) is 1. The van der Waals surface area contributed by atoms with Gasteiger partial charge in [0.05, 0.1) is 11.4 Å². The highest BCUT2D eigenvalue weighted by Gasteiger charge is 2.24. The Hall–Kier alpha value is -2.52. The fraction of sp³-hybridized carbons (Fsp3) is 0.450. The zero-order valence-corrected chi connectivity index (χ0v) is 17.1. The van der Waals surface area contributed by atoms with Crippen molar-refractivity contribution in [1.82, 2.24) is 19.6 Å². The first-order valence-electron chi connectivity index (χ1n) is 9.94. The van der Waals surface area contributed by atoms with Gasteiger partial charge in [0.1, 0.15) is 0 Å². The van der Waals surface area contributed by atoms with E-state index in [-0.39, 0.29) is 17.3 Å². The normalized spacial score (nSPS) is 17.1. The van der Waals surface area contributed by atoms with Crippen molar-refractivity contribution in [3.05, 3.63) is 47.8 Å². The first-order valence-corrected chi connectivity index (χ1v) is 11.4. The van der Waals surface area contributed by atoms with E-state index in [4.69, 9.17) is 0 Å². The van der Waals surface area contributed by atoms with E-state index in [1.807, 2.05) is 11.0 Å². The van der Waals surface area contributed by atoms with Crippen LogP contribution in [0.15, 0.2) is 41.6 Å². The predicted octanol–water partition coefficient (Wildman–Crippen LogP) is 0.982. The summed E-state index contributed by atoms with van der Waals surface area (Å²) >= 11 is 0. The Balaban J connectivity index is 1.32. The van der Waals surface area contributed by atoms with Gasteiger partial charge in [0, 0.05) is 38.6 Å². The molecule has 8 nitrogen and oxygen atoms in total. The van der Waals surface area contributed by atoms with Gasteiger partial charge < -0.3 is 9.80 Å². The van der Waals surface area contributed by atoms with Crippen molar-refractivity contribution < 1.29 is 13.2 Å². The average molecular weight is 416 g/mol. The Morgan fingerprint density at radius 2 is 1.69 bits per heavy atom. The van der Waals surface area contributed by atoms with Crippen LogP contribution in [0.2, 0.25) is 0 Å². The molecule has 2 aromatic rings. The van der Waals surface area contributed by atoms with E-state index >= 15 is 0 Å². The van der Waals surface area contributed by atoms with Crippen molar-refractivity contribution in [2.75, 3.05) is 37.6 Å². The van der Waals surface area contributed by atoms with Gasteiger partial charge >= 0.3 is 0 Å². The molecule has 0 spiro atoms. The van der Waals surface area contributed by atoms with Gasteiger partial charge in [0.25, 0.3) is 0 Å². The number of sulfonamides is 1. The summed E-state index contributed by atoms with van der Waals surface area (Å²) in [6, 6.07) is 7.04. The maximum atomic E-state index is 12.6. The van der Waals surface area contributed by atoms with Crippen LogP contribution in [0.3, 0.4) is 0 Å². The standard InChI is InChI=1S/C20H25N5O3S/c26-19(24-10-12-25(13-11-24)20-21-8-3-9-22-20)15-23-29(27,28)18-7-6-16-4-1-2-5-17(16)14-18/h3,6-9,14,23H,1-2,4-5,10-13,15H2. The third-order valence-electron chi connectivity index (χ3n) is 5.51. The minimum absolute atomic E-state index is 0.222. The van der Waals surface area contributed by atoms with Crippen LogP contribution in [-0.4, -0.2) is 61.9 Å². The van der Waals surface area contributed by atoms with Gasteiger partial charge in [-0.25, -0.2) is 23.1 Å². The van der Waals surface area contributed by atoms with E-state index in [0.29, 0.717) is 32.1 Å². The van der Waals surface area contributed by atoms with E-state index in [1.165, 1.54) is 5.56 Å². The maximum absolute atomic E-state index is 12.6. The van der Waals surface area contributed by atoms with Crippen LogP contribution in [0.25, 0.3) is 0 Å². The van der Waals surface area contributed by atoms with Crippen LogP contribution in [0, 0.1) is 0 Å². The Labute approximate surface area is 171 Å². The summed E-state index contributed by atoms with van der Waals surface area (Å²) in [7, 11) is -3.71. The Bertz CT molecular complexity index is 973. The molecule has 1 aromatic heterocycles. The number of aryl methyl sites for hydroxylation is 2. The number of rotatable bonds is 5. The third-order valence-corrected chi connectivity index (χ3v) is 6.91. The molecule has 9 heteroatoms. The maximum Gasteiger partial charge on any atom is 0.241 e. The molecule has 1 N–H and O–H groups in total. The summed E-state index contributed by atoms with van der Waals surface area (Å²) in [6.45, 7) is 2.03. The molecule has 1 saturated heterocycles. The molecule has 0 radical (unpaired) electrons. The number of hydrogen-bond acceptors (Lipinski definition) is 6. The summed E-state index contributed by atoms with van der Waals surface area (Å²) in [5, 5.41) is 0. The van der Waals surface area contributed by atoms with E-state index in [2.05, 4.69) is 14.7 Å². The Kier molecular flexibility index (Phi) is 5.77. The van der Waals surface area contributed by atoms with E-state index in [9.17, 15) is 13.2 Å². The van der Waals surface area contributed by atoms with Crippen LogP contribution in [0.4, 0.5) is 5.95 Å². The second-order valence-corrected chi connectivity index (χ2v) is 9.15. The Morgan fingerprint density at radius 1 is 1.00 bits per heavy atom. The van der Waals surface area contributed by atoms with Gasteiger partial charge in [0.2, 0.25) is 21.9 Å². The second kappa shape index (κ2) is 8.46. The third kappa shape index (κ3) is 4.56. The van der Waals surface area contributed by atoms with E-state index < -0.39 is 10.0 Å². The Morgan fingerprint density at radius 3 is 2.41 bits per heavy atom. The molecule has 0 saturated carbocycles. The molecule has 29 heavy (non-hydrogen) atoms. The molecule has 2 heterocycles. The summed E-state index contributed by atoms with van der Waals surface area (Å²) in [4.78, 5) is 24.9. The van der Waals surface area contributed by atoms with E-state index in [1.54, 1.807) is 35.5 Å². The molecule has 4 rings (SSSR count). The number of nitrogens with zero attached hydrogens (tertiary/aromatic N) is 4. The van der Waals surface area contributed by atoms with Crippen LogP contribution in [-0.2, 0) is 27.7 Å². The number of benzene rings is 1. The summed E-state index contributed by atoms with van der Waals surface area (Å²) in [5.41, 5.74) is 2.33. The molecular weight excluding hydrogens is 390 g/mol. The monoisotopic (exact) mass is 415 g/mol. The highest BCUT2D eigenvalue weighted by Crippen LogP contribution is 2.24. The topological polar surface area (TPSA) is 95.5 Å².